The SMILES string of the molecule is CCCCC[C@H](COC1C(C=CCCCCC(=O)O)CCC1OCc1ccccc1)OCc1ccccc1. The summed E-state index contributed by atoms with van der Waals surface area (Å²) in [5, 5.41) is 8.86. The molecule has 0 aliphatic heterocycles. The summed E-state index contributed by atoms with van der Waals surface area (Å²) in [5.41, 5.74) is 2.36. The van der Waals surface area contributed by atoms with Crippen LogP contribution in [0, 0.1) is 5.92 Å². The van der Waals surface area contributed by atoms with Crippen LogP contribution in [0.5, 0.6) is 0 Å². The number of hydrogen-bond acceptors (Lipinski definition) is 4. The molecule has 38 heavy (non-hydrogen) atoms. The predicted octanol–water partition coefficient (Wildman–Crippen LogP) is 7.73. The average molecular weight is 523 g/mol. The molecule has 3 rings (SSSR count). The second kappa shape index (κ2) is 17.9. The maximum Gasteiger partial charge on any atom is 0.303 e. The molecule has 5 nitrogen and oxygen atoms in total. The molecule has 0 bridgehead atoms. The van der Waals surface area contributed by atoms with E-state index in [-0.39, 0.29) is 24.7 Å². The Morgan fingerprint density at radius 1 is 0.921 bits per heavy atom. The van der Waals surface area contributed by atoms with Crippen molar-refractivity contribution in [1.29, 1.82) is 0 Å². The van der Waals surface area contributed by atoms with Crippen molar-refractivity contribution in [2.75, 3.05) is 6.61 Å². The Morgan fingerprint density at radius 2 is 1.63 bits per heavy atom. The van der Waals surface area contributed by atoms with Gasteiger partial charge in [0.25, 0.3) is 0 Å². The fourth-order valence-corrected chi connectivity index (χ4v) is 5.01. The number of rotatable bonds is 19. The van der Waals surface area contributed by atoms with Crippen molar-refractivity contribution in [1.82, 2.24) is 0 Å². The van der Waals surface area contributed by atoms with Gasteiger partial charge in [-0.2, -0.15) is 0 Å². The number of carboxylic acids is 1. The zero-order valence-corrected chi connectivity index (χ0v) is 23.0. The van der Waals surface area contributed by atoms with Crippen LogP contribution in [-0.2, 0) is 32.2 Å². The normalized spacial score (nSPS) is 20.2. The molecule has 1 saturated carbocycles. The molecule has 2 aromatic carbocycles. The Hall–Kier alpha value is -2.47. The molecule has 3 unspecified atom stereocenters. The fraction of sp³-hybridized carbons (Fsp3) is 0.545. The molecule has 0 saturated heterocycles. The standard InChI is InChI=1S/C33H46O5/c1-2-3-8-20-30(36-24-27-15-9-6-10-16-27)26-38-33-29(19-13-4-5-14-21-32(34)35)22-23-31(33)37-25-28-17-11-7-12-18-28/h6-7,9-13,15-19,29-31,33H,2-5,8,14,20-26H2,1H3,(H,34,35)/t29?,30-,31?,33?/m1/s1. The van der Waals surface area contributed by atoms with Gasteiger partial charge in [0.1, 0.15) is 0 Å². The van der Waals surface area contributed by atoms with Crippen molar-refractivity contribution in [2.45, 2.75) is 103 Å². The van der Waals surface area contributed by atoms with E-state index in [4.69, 9.17) is 19.3 Å². The van der Waals surface area contributed by atoms with E-state index < -0.39 is 5.97 Å². The number of ether oxygens (including phenoxy) is 3. The topological polar surface area (TPSA) is 65.0 Å². The van der Waals surface area contributed by atoms with Crippen LogP contribution in [0.4, 0.5) is 0 Å². The number of carboxylic acid groups (broad SMARTS) is 1. The fourth-order valence-electron chi connectivity index (χ4n) is 5.01. The first-order chi connectivity index (χ1) is 18.7. The third kappa shape index (κ3) is 11.5. The molecule has 1 aliphatic rings. The molecule has 1 aliphatic carbocycles. The number of carbonyl (C=O) groups is 1. The summed E-state index contributed by atoms with van der Waals surface area (Å²) in [6.07, 6.45) is 13.8. The van der Waals surface area contributed by atoms with Crippen LogP contribution >= 0.6 is 0 Å². The van der Waals surface area contributed by atoms with E-state index in [1.54, 1.807) is 0 Å². The summed E-state index contributed by atoms with van der Waals surface area (Å²) in [6, 6.07) is 20.6. The minimum Gasteiger partial charge on any atom is -0.481 e. The van der Waals surface area contributed by atoms with E-state index >= 15 is 0 Å². The van der Waals surface area contributed by atoms with Crippen molar-refractivity contribution in [3.8, 4) is 0 Å². The second-order valence-corrected chi connectivity index (χ2v) is 10.4. The van der Waals surface area contributed by atoms with Gasteiger partial charge in [-0.3, -0.25) is 4.79 Å². The summed E-state index contributed by atoms with van der Waals surface area (Å²) >= 11 is 0. The molecule has 0 aromatic heterocycles. The Morgan fingerprint density at radius 3 is 2.32 bits per heavy atom. The minimum absolute atomic E-state index is 0.0111. The zero-order valence-electron chi connectivity index (χ0n) is 23.0. The molecule has 208 valence electrons. The third-order valence-corrected chi connectivity index (χ3v) is 7.21. The molecule has 1 N–H and O–H groups in total. The molecular formula is C33H46O5. The monoisotopic (exact) mass is 522 g/mol. The van der Waals surface area contributed by atoms with Gasteiger partial charge in [-0.05, 0) is 49.7 Å². The summed E-state index contributed by atoms with van der Waals surface area (Å²) in [6.45, 7) is 3.97. The summed E-state index contributed by atoms with van der Waals surface area (Å²) in [4.78, 5) is 10.8. The van der Waals surface area contributed by atoms with Crippen LogP contribution in [-0.4, -0.2) is 36.0 Å². The lowest BCUT2D eigenvalue weighted by atomic mass is 10.0. The quantitative estimate of drug-likeness (QED) is 0.151. The smallest absolute Gasteiger partial charge is 0.303 e. The first-order valence-electron chi connectivity index (χ1n) is 14.5. The second-order valence-electron chi connectivity index (χ2n) is 10.4. The van der Waals surface area contributed by atoms with Crippen LogP contribution in [0.1, 0.15) is 82.3 Å². The number of hydrogen-bond donors (Lipinski definition) is 1. The highest BCUT2D eigenvalue weighted by Crippen LogP contribution is 2.33. The molecule has 0 radical (unpaired) electrons. The Balaban J connectivity index is 1.59. The lowest BCUT2D eigenvalue weighted by molar-refractivity contribution is -0.137. The van der Waals surface area contributed by atoms with E-state index in [1.165, 1.54) is 24.0 Å². The van der Waals surface area contributed by atoms with E-state index in [1.807, 2.05) is 36.4 Å². The van der Waals surface area contributed by atoms with Crippen LogP contribution in [0.2, 0.25) is 0 Å². The number of allylic oxidation sites excluding steroid dienone is 1. The van der Waals surface area contributed by atoms with Gasteiger partial charge in [0.15, 0.2) is 0 Å². The van der Waals surface area contributed by atoms with E-state index in [9.17, 15) is 4.79 Å². The lowest BCUT2D eigenvalue weighted by Gasteiger charge is -2.27. The molecule has 1 fully saturated rings. The van der Waals surface area contributed by atoms with Gasteiger partial charge in [0, 0.05) is 12.3 Å². The van der Waals surface area contributed by atoms with Crippen LogP contribution < -0.4 is 0 Å². The summed E-state index contributed by atoms with van der Waals surface area (Å²) in [5.74, 6) is -0.430. The van der Waals surface area contributed by atoms with Gasteiger partial charge in [0.2, 0.25) is 0 Å². The molecule has 2 aromatic rings. The predicted molar refractivity (Wildman–Crippen MR) is 152 cm³/mol. The highest BCUT2D eigenvalue weighted by molar-refractivity contribution is 5.66. The van der Waals surface area contributed by atoms with E-state index in [2.05, 4.69) is 43.3 Å². The van der Waals surface area contributed by atoms with Gasteiger partial charge in [-0.25, -0.2) is 0 Å². The van der Waals surface area contributed by atoms with Crippen molar-refractivity contribution < 1.29 is 24.1 Å². The number of aliphatic carboxylic acids is 1. The third-order valence-electron chi connectivity index (χ3n) is 7.21. The van der Waals surface area contributed by atoms with Crippen LogP contribution in [0.3, 0.4) is 0 Å². The van der Waals surface area contributed by atoms with Crippen molar-refractivity contribution >= 4 is 5.97 Å². The molecule has 5 heteroatoms. The van der Waals surface area contributed by atoms with Crippen LogP contribution in [0.25, 0.3) is 0 Å². The Labute approximate surface area is 229 Å². The van der Waals surface area contributed by atoms with E-state index in [0.717, 1.165) is 38.5 Å². The zero-order chi connectivity index (χ0) is 26.8. The van der Waals surface area contributed by atoms with Gasteiger partial charge in [-0.1, -0.05) is 99.0 Å². The molecule has 4 atom stereocenters. The highest BCUT2D eigenvalue weighted by Gasteiger charge is 2.37. The van der Waals surface area contributed by atoms with Crippen molar-refractivity contribution in [2.24, 2.45) is 5.92 Å². The summed E-state index contributed by atoms with van der Waals surface area (Å²) < 4.78 is 19.4. The number of benzene rings is 2. The van der Waals surface area contributed by atoms with Gasteiger partial charge >= 0.3 is 5.97 Å². The first kappa shape index (κ1) is 30.1. The minimum atomic E-state index is -0.723. The molecule has 0 spiro atoms. The van der Waals surface area contributed by atoms with Crippen LogP contribution in [0.15, 0.2) is 72.8 Å². The largest absolute Gasteiger partial charge is 0.481 e. The Bertz CT molecular complexity index is 913. The maximum absolute atomic E-state index is 10.8. The van der Waals surface area contributed by atoms with E-state index in [0.29, 0.717) is 32.2 Å². The maximum atomic E-state index is 10.8. The Kier molecular flexibility index (Phi) is 14.2. The lowest BCUT2D eigenvalue weighted by Crippen LogP contribution is -2.34. The van der Waals surface area contributed by atoms with Gasteiger partial charge in [-0.15, -0.1) is 0 Å². The molecule has 0 amide bonds. The average Bonchev–Trinajstić information content (AvgIpc) is 3.33. The molecule has 0 heterocycles. The van der Waals surface area contributed by atoms with Gasteiger partial charge in [0.05, 0.1) is 38.1 Å². The molecular weight excluding hydrogens is 476 g/mol. The van der Waals surface area contributed by atoms with Gasteiger partial charge < -0.3 is 19.3 Å². The number of unbranched alkanes of at least 4 members (excludes halogenated alkanes) is 4. The van der Waals surface area contributed by atoms with Crippen molar-refractivity contribution in [3.05, 3.63) is 83.9 Å². The van der Waals surface area contributed by atoms with Crippen molar-refractivity contribution in [3.63, 3.8) is 0 Å². The summed E-state index contributed by atoms with van der Waals surface area (Å²) in [7, 11) is 0. The highest BCUT2D eigenvalue weighted by atomic mass is 16.6. The first-order valence-corrected chi connectivity index (χ1v) is 14.5.